The Balaban J connectivity index is 1.95. The van der Waals surface area contributed by atoms with Gasteiger partial charge in [0.2, 0.25) is 5.91 Å². The first kappa shape index (κ1) is 16.5. The molecule has 0 bridgehead atoms. The minimum Gasteiger partial charge on any atom is -0.387 e. The Morgan fingerprint density at radius 1 is 1.27 bits per heavy atom. The summed E-state index contributed by atoms with van der Waals surface area (Å²) in [7, 11) is 0. The van der Waals surface area contributed by atoms with Crippen LogP contribution in [0.15, 0.2) is 41.1 Å². The molecular formula is C15H14F3NO2S. The number of alkyl halides is 3. The minimum atomic E-state index is -4.49. The molecule has 0 saturated carbocycles. The third kappa shape index (κ3) is 4.32. The number of aliphatic hydroxyl groups excluding tert-OH is 1. The summed E-state index contributed by atoms with van der Waals surface area (Å²) in [5.74, 6) is -0.564. The summed E-state index contributed by atoms with van der Waals surface area (Å²) in [6, 6.07) is 6.68. The summed E-state index contributed by atoms with van der Waals surface area (Å²) in [6.07, 6.45) is -5.74. The van der Waals surface area contributed by atoms with Crippen LogP contribution in [0.1, 0.15) is 22.8 Å². The largest absolute Gasteiger partial charge is 0.416 e. The molecular weight excluding hydrogens is 315 g/mol. The molecule has 1 aromatic heterocycles. The molecule has 0 spiro atoms. The summed E-state index contributed by atoms with van der Waals surface area (Å²) in [4.78, 5) is 11.8. The van der Waals surface area contributed by atoms with E-state index in [-0.39, 0.29) is 18.5 Å². The van der Waals surface area contributed by atoms with Crippen molar-refractivity contribution in [2.75, 3.05) is 6.54 Å². The van der Waals surface area contributed by atoms with Crippen LogP contribution in [0.4, 0.5) is 13.2 Å². The first-order valence-electron chi connectivity index (χ1n) is 6.50. The molecule has 0 aliphatic rings. The second-order valence-electron chi connectivity index (χ2n) is 4.71. The van der Waals surface area contributed by atoms with E-state index in [0.29, 0.717) is 5.56 Å². The predicted molar refractivity (Wildman–Crippen MR) is 77.4 cm³/mol. The number of rotatable bonds is 5. The maximum Gasteiger partial charge on any atom is 0.416 e. The van der Waals surface area contributed by atoms with Gasteiger partial charge in [0.15, 0.2) is 0 Å². The fourth-order valence-corrected chi connectivity index (χ4v) is 2.69. The minimum absolute atomic E-state index is 0.0379. The Labute approximate surface area is 129 Å². The van der Waals surface area contributed by atoms with Crippen molar-refractivity contribution in [3.63, 3.8) is 0 Å². The van der Waals surface area contributed by atoms with Crippen molar-refractivity contribution in [3.8, 4) is 0 Å². The number of halogens is 3. The van der Waals surface area contributed by atoms with E-state index in [9.17, 15) is 23.1 Å². The lowest BCUT2D eigenvalue weighted by Crippen LogP contribution is -2.30. The molecule has 0 saturated heterocycles. The fourth-order valence-electron chi connectivity index (χ4n) is 1.98. The van der Waals surface area contributed by atoms with E-state index in [1.807, 2.05) is 0 Å². The quantitative estimate of drug-likeness (QED) is 0.885. The molecule has 0 fully saturated rings. The molecule has 3 nitrogen and oxygen atoms in total. The lowest BCUT2D eigenvalue weighted by atomic mass is 10.0. The molecule has 0 radical (unpaired) electrons. The first-order chi connectivity index (χ1) is 10.4. The van der Waals surface area contributed by atoms with E-state index in [1.54, 1.807) is 16.8 Å². The van der Waals surface area contributed by atoms with Gasteiger partial charge in [-0.25, -0.2) is 0 Å². The number of carbonyl (C=O) groups excluding carboxylic acids is 1. The van der Waals surface area contributed by atoms with Gasteiger partial charge in [-0.1, -0.05) is 18.2 Å². The normalized spacial score (nSPS) is 12.9. The smallest absolute Gasteiger partial charge is 0.387 e. The summed E-state index contributed by atoms with van der Waals surface area (Å²) < 4.78 is 38.5. The van der Waals surface area contributed by atoms with Gasteiger partial charge < -0.3 is 10.4 Å². The summed E-state index contributed by atoms with van der Waals surface area (Å²) in [5, 5.41) is 15.8. The van der Waals surface area contributed by atoms with Crippen molar-refractivity contribution < 1.29 is 23.1 Å². The topological polar surface area (TPSA) is 49.3 Å². The highest BCUT2D eigenvalue weighted by atomic mass is 32.1. The zero-order valence-electron chi connectivity index (χ0n) is 11.4. The summed E-state index contributed by atoms with van der Waals surface area (Å²) >= 11 is 1.41. The Kier molecular flexibility index (Phi) is 5.20. The highest BCUT2D eigenvalue weighted by Gasteiger charge is 2.33. The fraction of sp³-hybridized carbons (Fsp3) is 0.267. The van der Waals surface area contributed by atoms with Gasteiger partial charge in [0, 0.05) is 6.54 Å². The molecule has 22 heavy (non-hydrogen) atoms. The SMILES string of the molecule is O=C(Cc1ccccc1C(F)(F)F)NCC(O)c1ccsc1. The van der Waals surface area contributed by atoms with Crippen LogP contribution in [0.3, 0.4) is 0 Å². The van der Waals surface area contributed by atoms with E-state index < -0.39 is 23.8 Å². The second kappa shape index (κ2) is 6.93. The Morgan fingerprint density at radius 2 is 2.00 bits per heavy atom. The van der Waals surface area contributed by atoms with Gasteiger partial charge in [0.1, 0.15) is 0 Å². The summed E-state index contributed by atoms with van der Waals surface area (Å²) in [6.45, 7) is -0.0379. The Morgan fingerprint density at radius 3 is 2.64 bits per heavy atom. The van der Waals surface area contributed by atoms with Crippen LogP contribution in [-0.2, 0) is 17.4 Å². The molecule has 1 amide bonds. The van der Waals surface area contributed by atoms with Gasteiger partial charge in [-0.05, 0) is 34.0 Å². The molecule has 2 rings (SSSR count). The van der Waals surface area contributed by atoms with Crippen LogP contribution < -0.4 is 5.32 Å². The number of aliphatic hydroxyl groups is 1. The van der Waals surface area contributed by atoms with Crippen LogP contribution in [0.5, 0.6) is 0 Å². The number of thiophene rings is 1. The van der Waals surface area contributed by atoms with Gasteiger partial charge in [0.25, 0.3) is 0 Å². The number of nitrogens with one attached hydrogen (secondary N) is 1. The van der Waals surface area contributed by atoms with E-state index in [1.165, 1.54) is 29.5 Å². The molecule has 0 aliphatic heterocycles. The van der Waals surface area contributed by atoms with E-state index in [0.717, 1.165) is 6.07 Å². The molecule has 2 aromatic rings. The molecule has 0 aliphatic carbocycles. The zero-order valence-corrected chi connectivity index (χ0v) is 12.2. The lowest BCUT2D eigenvalue weighted by molar-refractivity contribution is -0.138. The van der Waals surface area contributed by atoms with Gasteiger partial charge in [-0.15, -0.1) is 0 Å². The second-order valence-corrected chi connectivity index (χ2v) is 5.49. The maximum absolute atomic E-state index is 12.8. The number of carbonyl (C=O) groups is 1. The van der Waals surface area contributed by atoms with Crippen LogP contribution in [0.25, 0.3) is 0 Å². The lowest BCUT2D eigenvalue weighted by Gasteiger charge is -2.14. The van der Waals surface area contributed by atoms with Crippen molar-refractivity contribution in [2.24, 2.45) is 0 Å². The molecule has 1 atom stereocenters. The zero-order chi connectivity index (χ0) is 16.2. The molecule has 1 unspecified atom stereocenters. The van der Waals surface area contributed by atoms with E-state index in [2.05, 4.69) is 5.32 Å². The monoisotopic (exact) mass is 329 g/mol. The van der Waals surface area contributed by atoms with Gasteiger partial charge in [0.05, 0.1) is 18.1 Å². The van der Waals surface area contributed by atoms with Crippen LogP contribution in [0.2, 0.25) is 0 Å². The molecule has 1 heterocycles. The Bertz CT molecular complexity index is 626. The average molecular weight is 329 g/mol. The third-order valence-electron chi connectivity index (χ3n) is 3.09. The molecule has 118 valence electrons. The number of amides is 1. The number of hydrogen-bond donors (Lipinski definition) is 2. The molecule has 2 N–H and O–H groups in total. The number of benzene rings is 1. The van der Waals surface area contributed by atoms with Crippen molar-refractivity contribution in [2.45, 2.75) is 18.7 Å². The van der Waals surface area contributed by atoms with Crippen LogP contribution in [-0.4, -0.2) is 17.6 Å². The maximum atomic E-state index is 12.8. The first-order valence-corrected chi connectivity index (χ1v) is 7.44. The van der Waals surface area contributed by atoms with Crippen molar-refractivity contribution in [3.05, 3.63) is 57.8 Å². The van der Waals surface area contributed by atoms with Gasteiger partial charge in [-0.2, -0.15) is 24.5 Å². The standard InChI is InChI=1S/C15H14F3NO2S/c16-15(17,18)12-4-2-1-3-10(12)7-14(21)19-8-13(20)11-5-6-22-9-11/h1-6,9,13,20H,7-8H2,(H,19,21). The van der Waals surface area contributed by atoms with E-state index >= 15 is 0 Å². The van der Waals surface area contributed by atoms with Crippen molar-refractivity contribution in [1.82, 2.24) is 5.32 Å². The predicted octanol–water partition coefficient (Wildman–Crippen LogP) is 3.16. The Hall–Kier alpha value is -1.86. The van der Waals surface area contributed by atoms with Crippen LogP contribution in [0, 0.1) is 0 Å². The molecule has 1 aromatic carbocycles. The van der Waals surface area contributed by atoms with Crippen molar-refractivity contribution >= 4 is 17.2 Å². The average Bonchev–Trinajstić information content (AvgIpc) is 2.98. The van der Waals surface area contributed by atoms with Gasteiger partial charge >= 0.3 is 6.18 Å². The van der Waals surface area contributed by atoms with Crippen LogP contribution >= 0.6 is 11.3 Å². The molecule has 7 heteroatoms. The third-order valence-corrected chi connectivity index (χ3v) is 3.80. The van der Waals surface area contributed by atoms with Gasteiger partial charge in [-0.3, -0.25) is 4.79 Å². The van der Waals surface area contributed by atoms with E-state index in [4.69, 9.17) is 0 Å². The van der Waals surface area contributed by atoms with Crippen molar-refractivity contribution in [1.29, 1.82) is 0 Å². The number of hydrogen-bond acceptors (Lipinski definition) is 3. The highest BCUT2D eigenvalue weighted by Crippen LogP contribution is 2.32. The summed E-state index contributed by atoms with van der Waals surface area (Å²) in [5.41, 5.74) is -0.234. The highest BCUT2D eigenvalue weighted by molar-refractivity contribution is 7.07.